The van der Waals surface area contributed by atoms with E-state index in [0.717, 1.165) is 10.8 Å². The predicted octanol–water partition coefficient (Wildman–Crippen LogP) is 2.46. The highest BCUT2D eigenvalue weighted by atomic mass is 35.5. The molecule has 0 aliphatic heterocycles. The Morgan fingerprint density at radius 2 is 1.76 bits per heavy atom. The highest BCUT2D eigenvalue weighted by Gasteiger charge is 2.18. The zero-order chi connectivity index (χ0) is 19.3. The number of nitrogens with one attached hydrogen (secondary N) is 2. The third kappa shape index (κ3) is 6.88. The molecule has 0 spiro atoms. The first kappa shape index (κ1) is 25.2. The van der Waals surface area contributed by atoms with E-state index in [1.807, 2.05) is 0 Å². The number of aliphatic hydroxyl groups excluding tert-OH is 1. The molecule has 29 heavy (non-hydrogen) atoms. The molecule has 7 nitrogen and oxygen atoms in total. The highest BCUT2D eigenvalue weighted by Crippen LogP contribution is 2.18. The average molecular weight is 459 g/mol. The van der Waals surface area contributed by atoms with Crippen LogP contribution in [0.4, 0.5) is 0 Å². The molecule has 0 bridgehead atoms. The Bertz CT molecular complexity index is 1010. The lowest BCUT2D eigenvalue weighted by molar-refractivity contribution is 0.174. The monoisotopic (exact) mass is 458 g/mol. The van der Waals surface area contributed by atoms with Crippen LogP contribution in [-0.4, -0.2) is 42.6 Å². The van der Waals surface area contributed by atoms with Gasteiger partial charge in [0.15, 0.2) is 0 Å². The summed E-state index contributed by atoms with van der Waals surface area (Å²) >= 11 is 0. The molecule has 0 saturated heterocycles. The quantitative estimate of drug-likeness (QED) is 0.478. The van der Waals surface area contributed by atoms with Crippen molar-refractivity contribution in [2.24, 2.45) is 0 Å². The number of hydrogen-bond acceptors (Lipinski definition) is 6. The normalized spacial score (nSPS) is 13.2. The number of nitrogens with zero attached hydrogens (tertiary/aromatic N) is 2. The fourth-order valence-corrected chi connectivity index (χ4v) is 4.01. The first-order chi connectivity index (χ1) is 13.0. The minimum Gasteiger partial charge on any atom is -0.387 e. The number of halogens is 2. The van der Waals surface area contributed by atoms with Crippen molar-refractivity contribution >= 4 is 45.6 Å². The van der Waals surface area contributed by atoms with Gasteiger partial charge in [0.2, 0.25) is 10.0 Å². The van der Waals surface area contributed by atoms with Gasteiger partial charge < -0.3 is 10.4 Å². The molecule has 0 amide bonds. The molecule has 10 heteroatoms. The van der Waals surface area contributed by atoms with Crippen LogP contribution in [0, 0.1) is 0 Å². The Balaban J connectivity index is 0.00000210. The van der Waals surface area contributed by atoms with Gasteiger partial charge in [0.05, 0.1) is 11.0 Å². The van der Waals surface area contributed by atoms with Gasteiger partial charge in [-0.15, -0.1) is 24.8 Å². The zero-order valence-electron chi connectivity index (χ0n) is 15.7. The van der Waals surface area contributed by atoms with E-state index in [9.17, 15) is 13.5 Å². The van der Waals surface area contributed by atoms with Gasteiger partial charge in [-0.05, 0) is 36.6 Å². The maximum atomic E-state index is 12.6. The smallest absolute Gasteiger partial charge is 0.240 e. The number of aliphatic hydroxyl groups is 1. The first-order valence-electron chi connectivity index (χ1n) is 8.60. The van der Waals surface area contributed by atoms with Gasteiger partial charge in [0, 0.05) is 54.9 Å². The molecule has 1 unspecified atom stereocenters. The van der Waals surface area contributed by atoms with Crippen molar-refractivity contribution in [2.45, 2.75) is 24.0 Å². The van der Waals surface area contributed by atoms with Crippen molar-refractivity contribution in [3.8, 4) is 0 Å². The van der Waals surface area contributed by atoms with Crippen LogP contribution in [0.1, 0.15) is 18.6 Å². The summed E-state index contributed by atoms with van der Waals surface area (Å²) < 4.78 is 27.8. The summed E-state index contributed by atoms with van der Waals surface area (Å²) in [6, 6.07) is 9.92. The molecule has 3 rings (SSSR count). The molecule has 1 aromatic carbocycles. The molecule has 0 aliphatic carbocycles. The van der Waals surface area contributed by atoms with E-state index in [1.54, 1.807) is 68.1 Å². The van der Waals surface area contributed by atoms with Crippen LogP contribution in [0.25, 0.3) is 10.8 Å². The molecule has 2 aromatic heterocycles. The van der Waals surface area contributed by atoms with E-state index in [0.29, 0.717) is 18.7 Å². The summed E-state index contributed by atoms with van der Waals surface area (Å²) in [5, 5.41) is 14.9. The van der Waals surface area contributed by atoms with E-state index >= 15 is 0 Å². The van der Waals surface area contributed by atoms with Gasteiger partial charge >= 0.3 is 0 Å². The van der Waals surface area contributed by atoms with Crippen molar-refractivity contribution in [1.29, 1.82) is 0 Å². The number of pyridine rings is 2. The van der Waals surface area contributed by atoms with E-state index < -0.39 is 16.1 Å². The van der Waals surface area contributed by atoms with Gasteiger partial charge in [0.25, 0.3) is 0 Å². The van der Waals surface area contributed by atoms with E-state index in [1.165, 1.54) is 0 Å². The van der Waals surface area contributed by atoms with Crippen LogP contribution < -0.4 is 10.0 Å². The molecule has 2 heterocycles. The third-order valence-electron chi connectivity index (χ3n) is 4.14. The number of hydrogen-bond donors (Lipinski definition) is 3. The molecule has 3 N–H and O–H groups in total. The maximum Gasteiger partial charge on any atom is 0.240 e. The number of fused-ring (bicyclic) bond motifs is 1. The Morgan fingerprint density at radius 1 is 1.00 bits per heavy atom. The van der Waals surface area contributed by atoms with Crippen LogP contribution in [0.5, 0.6) is 0 Å². The second-order valence-corrected chi connectivity index (χ2v) is 8.08. The van der Waals surface area contributed by atoms with Gasteiger partial charge in [-0.3, -0.25) is 9.97 Å². The van der Waals surface area contributed by atoms with Crippen molar-refractivity contribution < 1.29 is 13.5 Å². The average Bonchev–Trinajstić information content (AvgIpc) is 2.67. The number of rotatable bonds is 8. The Labute approximate surface area is 182 Å². The lowest BCUT2D eigenvalue weighted by atomic mass is 10.1. The summed E-state index contributed by atoms with van der Waals surface area (Å²) in [5.41, 5.74) is 0.712. The zero-order valence-corrected chi connectivity index (χ0v) is 18.2. The molecule has 0 aliphatic rings. The van der Waals surface area contributed by atoms with Crippen LogP contribution in [0.3, 0.4) is 0 Å². The molecular formula is C19H24Cl2N4O3S. The van der Waals surface area contributed by atoms with Crippen molar-refractivity contribution in [2.75, 3.05) is 13.1 Å². The van der Waals surface area contributed by atoms with Gasteiger partial charge in [-0.1, -0.05) is 12.1 Å². The molecule has 3 aromatic rings. The van der Waals surface area contributed by atoms with Crippen LogP contribution >= 0.6 is 24.8 Å². The fourth-order valence-electron chi connectivity index (χ4n) is 2.73. The Kier molecular flexibility index (Phi) is 9.91. The van der Waals surface area contributed by atoms with Crippen molar-refractivity contribution in [3.05, 3.63) is 66.7 Å². The standard InChI is InChI=1S/C19H22N4O3S.2ClH/c1-14(10-22-13-19(24)17-3-2-7-20-12-17)23-27(25,26)18-5-4-16-11-21-8-6-15(16)9-18;;/h2-9,11-12,14,19,22-24H,10,13H2,1H3;2*1H/t14-,19?;;/m1../s1. The number of sulfonamides is 1. The molecule has 158 valence electrons. The number of aromatic nitrogens is 2. The predicted molar refractivity (Wildman–Crippen MR) is 118 cm³/mol. The lowest BCUT2D eigenvalue weighted by Gasteiger charge is -2.17. The molecule has 0 radical (unpaired) electrons. The fraction of sp³-hybridized carbons (Fsp3) is 0.263. The van der Waals surface area contributed by atoms with Crippen LogP contribution in [0.15, 0.2) is 66.1 Å². The molecule has 2 atom stereocenters. The van der Waals surface area contributed by atoms with Crippen molar-refractivity contribution in [3.63, 3.8) is 0 Å². The second kappa shape index (κ2) is 11.4. The summed E-state index contributed by atoms with van der Waals surface area (Å²) in [6.45, 7) is 2.46. The first-order valence-corrected chi connectivity index (χ1v) is 10.1. The largest absolute Gasteiger partial charge is 0.387 e. The Morgan fingerprint density at radius 3 is 2.48 bits per heavy atom. The lowest BCUT2D eigenvalue weighted by Crippen LogP contribution is -2.40. The van der Waals surface area contributed by atoms with Gasteiger partial charge in [-0.2, -0.15) is 0 Å². The molecule has 0 fully saturated rings. The molecular weight excluding hydrogens is 435 g/mol. The summed E-state index contributed by atoms with van der Waals surface area (Å²) in [4.78, 5) is 8.21. The van der Waals surface area contributed by atoms with Gasteiger partial charge in [0.1, 0.15) is 0 Å². The molecule has 0 saturated carbocycles. The summed E-state index contributed by atoms with van der Waals surface area (Å²) in [5.74, 6) is 0. The third-order valence-corrected chi connectivity index (χ3v) is 5.72. The minimum atomic E-state index is -3.64. The number of benzene rings is 1. The van der Waals surface area contributed by atoms with Gasteiger partial charge in [-0.25, -0.2) is 13.1 Å². The Hall–Kier alpha value is -1.81. The topological polar surface area (TPSA) is 104 Å². The van der Waals surface area contributed by atoms with E-state index in [4.69, 9.17) is 0 Å². The second-order valence-electron chi connectivity index (χ2n) is 6.37. The van der Waals surface area contributed by atoms with Crippen LogP contribution in [0.2, 0.25) is 0 Å². The maximum absolute atomic E-state index is 12.6. The SMILES string of the molecule is C[C@H](CNCC(O)c1cccnc1)NS(=O)(=O)c1ccc2cnccc2c1.Cl.Cl. The van der Waals surface area contributed by atoms with Crippen LogP contribution in [-0.2, 0) is 10.0 Å². The highest BCUT2D eigenvalue weighted by molar-refractivity contribution is 7.89. The summed E-state index contributed by atoms with van der Waals surface area (Å²) in [6.07, 6.45) is 5.87. The van der Waals surface area contributed by atoms with E-state index in [2.05, 4.69) is 20.0 Å². The van der Waals surface area contributed by atoms with Crippen molar-refractivity contribution in [1.82, 2.24) is 20.0 Å². The summed E-state index contributed by atoms with van der Waals surface area (Å²) in [7, 11) is -3.64. The minimum absolute atomic E-state index is 0. The van der Waals surface area contributed by atoms with E-state index in [-0.39, 0.29) is 35.8 Å².